The van der Waals surface area contributed by atoms with E-state index in [1.165, 1.54) is 13.5 Å². The fourth-order valence-corrected chi connectivity index (χ4v) is 0.272. The first kappa shape index (κ1) is 7.43. The van der Waals surface area contributed by atoms with E-state index in [1.54, 1.807) is 14.0 Å². The molecule has 0 fully saturated rings. The molecule has 1 radical (unpaired) electrons. The lowest BCUT2D eigenvalue weighted by Gasteiger charge is -2.10. The van der Waals surface area contributed by atoms with Gasteiger partial charge in [0.1, 0.15) is 0 Å². The molecule has 0 aromatic rings. The maximum absolute atomic E-state index is 10.5. The highest BCUT2D eigenvalue weighted by Gasteiger charge is 2.01. The number of hydroxylamine groups is 2. The standard InChI is InChI=1S/C5H10NO2/c1-4-5(7)6(2)8-3/h4H,1-3H3. The Kier molecular flexibility index (Phi) is 3.19. The highest BCUT2D eigenvalue weighted by molar-refractivity contribution is 5.82. The van der Waals surface area contributed by atoms with E-state index in [0.29, 0.717) is 0 Å². The number of carbonyl (C=O) groups is 1. The number of nitrogens with zero attached hydrogens (tertiary/aromatic N) is 1. The molecular formula is C5H10NO2. The summed E-state index contributed by atoms with van der Waals surface area (Å²) < 4.78 is 0. The molecule has 0 atom stereocenters. The average molecular weight is 116 g/mol. The van der Waals surface area contributed by atoms with Gasteiger partial charge >= 0.3 is 0 Å². The summed E-state index contributed by atoms with van der Waals surface area (Å²) in [6, 6.07) is 0. The van der Waals surface area contributed by atoms with Gasteiger partial charge in [-0.05, 0) is 0 Å². The van der Waals surface area contributed by atoms with Gasteiger partial charge in [0.2, 0.25) is 5.91 Å². The first-order valence-corrected chi connectivity index (χ1v) is 2.33. The third kappa shape index (κ3) is 1.93. The third-order valence-corrected chi connectivity index (χ3v) is 0.831. The smallest absolute Gasteiger partial charge is 0.249 e. The summed E-state index contributed by atoms with van der Waals surface area (Å²) in [5.41, 5.74) is 0. The minimum absolute atomic E-state index is 0.132. The van der Waals surface area contributed by atoms with Gasteiger partial charge in [0.25, 0.3) is 0 Å². The summed E-state index contributed by atoms with van der Waals surface area (Å²) in [6.45, 7) is 1.66. The van der Waals surface area contributed by atoms with Crippen molar-refractivity contribution in [2.24, 2.45) is 0 Å². The fraction of sp³-hybridized carbons (Fsp3) is 0.600. The highest BCUT2D eigenvalue weighted by Crippen LogP contribution is 1.85. The zero-order chi connectivity index (χ0) is 6.57. The van der Waals surface area contributed by atoms with Crippen molar-refractivity contribution in [1.29, 1.82) is 0 Å². The molecular weight excluding hydrogens is 106 g/mol. The molecule has 3 nitrogen and oxygen atoms in total. The molecule has 0 spiro atoms. The van der Waals surface area contributed by atoms with Gasteiger partial charge in [0.15, 0.2) is 0 Å². The lowest BCUT2D eigenvalue weighted by molar-refractivity contribution is -0.164. The van der Waals surface area contributed by atoms with E-state index >= 15 is 0 Å². The van der Waals surface area contributed by atoms with Crippen molar-refractivity contribution >= 4 is 5.91 Å². The van der Waals surface area contributed by atoms with Crippen LogP contribution >= 0.6 is 0 Å². The van der Waals surface area contributed by atoms with Crippen LogP contribution in [0.5, 0.6) is 0 Å². The zero-order valence-electron chi connectivity index (χ0n) is 5.34. The number of rotatable bonds is 2. The van der Waals surface area contributed by atoms with Crippen molar-refractivity contribution < 1.29 is 9.63 Å². The van der Waals surface area contributed by atoms with Crippen molar-refractivity contribution in [3.8, 4) is 0 Å². The van der Waals surface area contributed by atoms with Crippen LogP contribution in [0.1, 0.15) is 6.92 Å². The van der Waals surface area contributed by atoms with E-state index in [9.17, 15) is 4.79 Å². The first-order chi connectivity index (χ1) is 3.72. The number of amides is 1. The second-order valence-corrected chi connectivity index (χ2v) is 1.31. The van der Waals surface area contributed by atoms with Crippen molar-refractivity contribution in [3.05, 3.63) is 6.42 Å². The van der Waals surface area contributed by atoms with Crippen molar-refractivity contribution in [2.45, 2.75) is 6.92 Å². The van der Waals surface area contributed by atoms with E-state index in [-0.39, 0.29) is 5.91 Å². The Morgan fingerprint density at radius 3 is 2.38 bits per heavy atom. The van der Waals surface area contributed by atoms with E-state index in [4.69, 9.17) is 0 Å². The number of carbonyl (C=O) groups excluding carboxylic acids is 1. The van der Waals surface area contributed by atoms with Crippen LogP contribution in [-0.4, -0.2) is 25.1 Å². The summed E-state index contributed by atoms with van der Waals surface area (Å²) in [6.07, 6.45) is 1.43. The minimum atomic E-state index is -0.132. The Morgan fingerprint density at radius 2 is 2.25 bits per heavy atom. The summed E-state index contributed by atoms with van der Waals surface area (Å²) in [5, 5.41) is 1.15. The molecule has 47 valence electrons. The van der Waals surface area contributed by atoms with Gasteiger partial charge in [-0.15, -0.1) is 0 Å². The Morgan fingerprint density at radius 1 is 1.75 bits per heavy atom. The second kappa shape index (κ2) is 3.43. The van der Waals surface area contributed by atoms with E-state index in [0.717, 1.165) is 5.06 Å². The summed E-state index contributed by atoms with van der Waals surface area (Å²) in [5.74, 6) is -0.132. The number of hydrogen-bond donors (Lipinski definition) is 0. The van der Waals surface area contributed by atoms with Crippen molar-refractivity contribution in [1.82, 2.24) is 5.06 Å². The average Bonchev–Trinajstić information content (AvgIpc) is 1.84. The third-order valence-electron chi connectivity index (χ3n) is 0.831. The van der Waals surface area contributed by atoms with Gasteiger partial charge in [-0.1, -0.05) is 6.92 Å². The molecule has 0 aliphatic rings. The Balaban J connectivity index is 3.46. The summed E-state index contributed by atoms with van der Waals surface area (Å²) in [7, 11) is 3.00. The molecule has 0 bridgehead atoms. The molecule has 0 aliphatic carbocycles. The molecule has 8 heavy (non-hydrogen) atoms. The van der Waals surface area contributed by atoms with Gasteiger partial charge in [0, 0.05) is 13.5 Å². The normalized spacial score (nSPS) is 8.88. The minimum Gasteiger partial charge on any atom is -0.275 e. The molecule has 0 unspecified atom stereocenters. The molecule has 0 saturated carbocycles. The predicted octanol–water partition coefficient (Wildman–Crippen LogP) is 0.230. The Hall–Kier alpha value is -0.570. The molecule has 0 saturated heterocycles. The molecule has 0 aromatic carbocycles. The van der Waals surface area contributed by atoms with Crippen LogP contribution in [-0.2, 0) is 9.63 Å². The van der Waals surface area contributed by atoms with Gasteiger partial charge in [0.05, 0.1) is 7.11 Å². The molecule has 0 N–H and O–H groups in total. The van der Waals surface area contributed by atoms with E-state index in [2.05, 4.69) is 4.84 Å². The van der Waals surface area contributed by atoms with Crippen molar-refractivity contribution in [3.63, 3.8) is 0 Å². The van der Waals surface area contributed by atoms with Crippen LogP contribution in [0.15, 0.2) is 0 Å². The monoisotopic (exact) mass is 116 g/mol. The van der Waals surface area contributed by atoms with Gasteiger partial charge < -0.3 is 0 Å². The topological polar surface area (TPSA) is 29.5 Å². The van der Waals surface area contributed by atoms with Crippen molar-refractivity contribution in [2.75, 3.05) is 14.2 Å². The van der Waals surface area contributed by atoms with Crippen LogP contribution in [0.4, 0.5) is 0 Å². The van der Waals surface area contributed by atoms with Crippen LogP contribution in [0.2, 0.25) is 0 Å². The maximum Gasteiger partial charge on any atom is 0.249 e. The SMILES string of the molecule is C[CH]C(=O)N(C)OC. The van der Waals surface area contributed by atoms with E-state index < -0.39 is 0 Å². The van der Waals surface area contributed by atoms with Gasteiger partial charge in [-0.25, -0.2) is 5.06 Å². The molecule has 3 heteroatoms. The zero-order valence-corrected chi connectivity index (χ0v) is 5.34. The summed E-state index contributed by atoms with van der Waals surface area (Å²) in [4.78, 5) is 15.0. The second-order valence-electron chi connectivity index (χ2n) is 1.31. The molecule has 0 heterocycles. The Labute approximate surface area is 49.2 Å². The highest BCUT2D eigenvalue weighted by atomic mass is 16.7. The molecule has 0 aliphatic heterocycles. The van der Waals surface area contributed by atoms with Gasteiger partial charge in [-0.3, -0.25) is 9.63 Å². The first-order valence-electron chi connectivity index (χ1n) is 2.33. The van der Waals surface area contributed by atoms with E-state index in [1.807, 2.05) is 0 Å². The molecule has 0 rings (SSSR count). The van der Waals surface area contributed by atoms with Crippen LogP contribution in [0, 0.1) is 6.42 Å². The lowest BCUT2D eigenvalue weighted by Crippen LogP contribution is -2.24. The molecule has 1 amide bonds. The summed E-state index contributed by atoms with van der Waals surface area (Å²) >= 11 is 0. The lowest BCUT2D eigenvalue weighted by atomic mass is 10.5. The Bertz CT molecular complexity index is 82.5. The quantitative estimate of drug-likeness (QED) is 0.483. The predicted molar refractivity (Wildman–Crippen MR) is 29.8 cm³/mol. The largest absolute Gasteiger partial charge is 0.275 e. The van der Waals surface area contributed by atoms with Gasteiger partial charge in [-0.2, -0.15) is 0 Å². The fourth-order valence-electron chi connectivity index (χ4n) is 0.272. The maximum atomic E-state index is 10.5. The number of hydrogen-bond acceptors (Lipinski definition) is 2. The molecule has 0 aromatic heterocycles. The van der Waals surface area contributed by atoms with Crippen LogP contribution < -0.4 is 0 Å². The van der Waals surface area contributed by atoms with Crippen LogP contribution in [0.25, 0.3) is 0 Å². The van der Waals surface area contributed by atoms with Crippen LogP contribution in [0.3, 0.4) is 0 Å².